The van der Waals surface area contributed by atoms with E-state index in [0.29, 0.717) is 18.1 Å². The van der Waals surface area contributed by atoms with Crippen molar-refractivity contribution in [2.45, 2.75) is 65.7 Å². The van der Waals surface area contributed by atoms with E-state index in [1.165, 1.54) is 40.8 Å². The minimum Gasteiger partial charge on any atom is -0.406 e. The maximum Gasteiger partial charge on any atom is 0.573 e. The van der Waals surface area contributed by atoms with Gasteiger partial charge in [0.25, 0.3) is 0 Å². The molecule has 0 bridgehead atoms. The molecule has 0 saturated heterocycles. The molecule has 0 spiro atoms. The summed E-state index contributed by atoms with van der Waals surface area (Å²) in [5.41, 5.74) is 6.65. The second-order valence-electron chi connectivity index (χ2n) is 11.2. The normalized spacial score (nSPS) is 12.7. The van der Waals surface area contributed by atoms with E-state index in [0.717, 1.165) is 53.8 Å². The van der Waals surface area contributed by atoms with E-state index in [-0.39, 0.29) is 11.7 Å². The van der Waals surface area contributed by atoms with Gasteiger partial charge in [0.05, 0.1) is 11.4 Å². The lowest BCUT2D eigenvalue weighted by Crippen LogP contribution is -2.25. The molecule has 1 atom stereocenters. The first-order valence-corrected chi connectivity index (χ1v) is 15.9. The number of halogens is 3. The van der Waals surface area contributed by atoms with Gasteiger partial charge in [-0.2, -0.15) is 4.99 Å². The van der Waals surface area contributed by atoms with Crippen LogP contribution in [0, 0.1) is 6.92 Å². The summed E-state index contributed by atoms with van der Waals surface area (Å²) in [6.45, 7) is 8.73. The maximum absolute atomic E-state index is 12.6. The number of aliphatic imine (C=N–C) groups is 1. The Bertz CT molecular complexity index is 1680. The summed E-state index contributed by atoms with van der Waals surface area (Å²) in [4.78, 5) is 23.0. The molecule has 4 rings (SSSR count). The third-order valence-electron chi connectivity index (χ3n) is 7.53. The number of alkyl halides is 3. The first-order chi connectivity index (χ1) is 22.5. The molecule has 1 aromatic heterocycles. The Morgan fingerprint density at radius 1 is 1.13 bits per heavy atom. The highest BCUT2D eigenvalue weighted by molar-refractivity contribution is 7.83. The third kappa shape index (κ3) is 10.2. The SMILES string of the molecule is CCCc1ccc(C)cc1N(/C=N/C(=O)NCCCC(C)c1ccc(-c2ncn(-c3ccc(OC(F)(F)F)cc3)n2)cc1)/C(C)=C\S. The lowest BCUT2D eigenvalue weighted by molar-refractivity contribution is -0.274. The molecule has 1 N–H and O–H groups in total. The third-order valence-corrected chi connectivity index (χ3v) is 7.91. The Kier molecular flexibility index (Phi) is 12.2. The summed E-state index contributed by atoms with van der Waals surface area (Å²) < 4.78 is 42.7. The van der Waals surface area contributed by atoms with Gasteiger partial charge in [0.15, 0.2) is 5.82 Å². The Labute approximate surface area is 278 Å². The smallest absolute Gasteiger partial charge is 0.406 e. The summed E-state index contributed by atoms with van der Waals surface area (Å²) >= 11 is 4.33. The highest BCUT2D eigenvalue weighted by atomic mass is 32.1. The average molecular weight is 665 g/mol. The summed E-state index contributed by atoms with van der Waals surface area (Å²) in [6, 6.07) is 19.2. The van der Waals surface area contributed by atoms with Crippen LogP contribution in [-0.4, -0.2) is 40.0 Å². The molecule has 1 heterocycles. The van der Waals surface area contributed by atoms with Crippen molar-refractivity contribution >= 4 is 30.7 Å². The van der Waals surface area contributed by atoms with Crippen molar-refractivity contribution in [3.8, 4) is 22.8 Å². The molecule has 2 amide bonds. The van der Waals surface area contributed by atoms with Crippen LogP contribution in [0.5, 0.6) is 5.75 Å². The van der Waals surface area contributed by atoms with E-state index in [9.17, 15) is 18.0 Å². The van der Waals surface area contributed by atoms with Crippen LogP contribution in [0.25, 0.3) is 17.1 Å². The zero-order chi connectivity index (χ0) is 34.0. The summed E-state index contributed by atoms with van der Waals surface area (Å²) in [7, 11) is 0. The number of thiol groups is 1. The van der Waals surface area contributed by atoms with Gasteiger partial charge in [0.1, 0.15) is 18.4 Å². The number of anilines is 1. The molecule has 0 aliphatic heterocycles. The van der Waals surface area contributed by atoms with Crippen molar-refractivity contribution in [2.24, 2.45) is 4.99 Å². The molecule has 248 valence electrons. The van der Waals surface area contributed by atoms with Crippen molar-refractivity contribution in [2.75, 3.05) is 11.4 Å². The lowest BCUT2D eigenvalue weighted by atomic mass is 9.95. The van der Waals surface area contributed by atoms with Crippen molar-refractivity contribution in [1.82, 2.24) is 20.1 Å². The van der Waals surface area contributed by atoms with E-state index >= 15 is 0 Å². The maximum atomic E-state index is 12.6. The molecule has 12 heteroatoms. The van der Waals surface area contributed by atoms with E-state index < -0.39 is 12.4 Å². The number of carbonyl (C=O) groups excluding carboxylic acids is 1. The molecule has 4 aromatic rings. The quantitative estimate of drug-likeness (QED) is 0.0645. The predicted molar refractivity (Wildman–Crippen MR) is 183 cm³/mol. The van der Waals surface area contributed by atoms with Crippen LogP contribution in [0.3, 0.4) is 0 Å². The first-order valence-electron chi connectivity index (χ1n) is 15.4. The van der Waals surface area contributed by atoms with Crippen molar-refractivity contribution in [3.63, 3.8) is 0 Å². The van der Waals surface area contributed by atoms with Crippen molar-refractivity contribution in [1.29, 1.82) is 0 Å². The van der Waals surface area contributed by atoms with E-state index in [1.54, 1.807) is 11.7 Å². The van der Waals surface area contributed by atoms with Crippen LogP contribution < -0.4 is 15.0 Å². The number of rotatable bonds is 13. The van der Waals surface area contributed by atoms with Crippen LogP contribution >= 0.6 is 12.6 Å². The highest BCUT2D eigenvalue weighted by Crippen LogP contribution is 2.27. The second-order valence-corrected chi connectivity index (χ2v) is 11.5. The molecule has 47 heavy (non-hydrogen) atoms. The molecule has 0 radical (unpaired) electrons. The summed E-state index contributed by atoms with van der Waals surface area (Å²) in [6.07, 6.45) is 1.87. The van der Waals surface area contributed by atoms with Gasteiger partial charge < -0.3 is 15.0 Å². The molecular formula is C35H39F3N6O2S. The Balaban J connectivity index is 1.28. The number of aromatic nitrogens is 3. The lowest BCUT2D eigenvalue weighted by Gasteiger charge is -2.23. The Morgan fingerprint density at radius 3 is 2.51 bits per heavy atom. The number of hydrogen-bond donors (Lipinski definition) is 2. The number of carbonyl (C=O) groups is 1. The van der Waals surface area contributed by atoms with E-state index in [2.05, 4.69) is 69.8 Å². The van der Waals surface area contributed by atoms with Crippen LogP contribution in [0.15, 0.2) is 89.2 Å². The largest absolute Gasteiger partial charge is 0.573 e. The minimum atomic E-state index is -4.75. The molecule has 0 aliphatic rings. The molecule has 0 saturated carbocycles. The number of aryl methyl sites for hydroxylation is 2. The molecule has 1 unspecified atom stereocenters. The zero-order valence-corrected chi connectivity index (χ0v) is 27.7. The van der Waals surface area contributed by atoms with Gasteiger partial charge >= 0.3 is 12.4 Å². The number of amides is 2. The highest BCUT2D eigenvalue weighted by Gasteiger charge is 2.31. The average Bonchev–Trinajstić information content (AvgIpc) is 3.54. The van der Waals surface area contributed by atoms with Crippen LogP contribution in [0.1, 0.15) is 62.6 Å². The van der Waals surface area contributed by atoms with E-state index in [4.69, 9.17) is 0 Å². The number of hydrogen-bond acceptors (Lipinski definition) is 5. The fourth-order valence-electron chi connectivity index (χ4n) is 4.99. The number of benzene rings is 3. The summed E-state index contributed by atoms with van der Waals surface area (Å²) in [5.74, 6) is 0.441. The number of urea groups is 1. The zero-order valence-electron chi connectivity index (χ0n) is 26.8. The molecule has 8 nitrogen and oxygen atoms in total. The molecule has 0 aliphatic carbocycles. The van der Waals surface area contributed by atoms with Crippen molar-refractivity contribution < 1.29 is 22.7 Å². The van der Waals surface area contributed by atoms with Gasteiger partial charge in [0.2, 0.25) is 0 Å². The van der Waals surface area contributed by atoms with Crippen LogP contribution in [-0.2, 0) is 6.42 Å². The number of nitrogens with one attached hydrogen (secondary N) is 1. The van der Waals surface area contributed by atoms with Gasteiger partial charge in [-0.1, -0.05) is 56.7 Å². The first kappa shape index (κ1) is 35.3. The van der Waals surface area contributed by atoms with Gasteiger partial charge in [-0.3, -0.25) is 0 Å². The van der Waals surface area contributed by atoms with Gasteiger partial charge in [0, 0.05) is 17.8 Å². The van der Waals surface area contributed by atoms with Crippen molar-refractivity contribution in [3.05, 3.63) is 101 Å². The topological polar surface area (TPSA) is 84.6 Å². The molecule has 3 aromatic carbocycles. The van der Waals surface area contributed by atoms with E-state index in [1.807, 2.05) is 43.0 Å². The minimum absolute atomic E-state index is 0.254. The predicted octanol–water partition coefficient (Wildman–Crippen LogP) is 9.01. The fraction of sp³-hybridized carbons (Fsp3) is 0.314. The Morgan fingerprint density at radius 2 is 1.85 bits per heavy atom. The molecule has 0 fully saturated rings. The second kappa shape index (κ2) is 16.3. The Hall–Kier alpha value is -4.58. The van der Waals surface area contributed by atoms with Gasteiger partial charge in [-0.15, -0.1) is 30.9 Å². The number of allylic oxidation sites excluding steroid dienone is 1. The number of ether oxygens (including phenoxy) is 1. The molecular weight excluding hydrogens is 625 g/mol. The summed E-state index contributed by atoms with van der Waals surface area (Å²) in [5, 5.41) is 9.04. The van der Waals surface area contributed by atoms with Gasteiger partial charge in [-0.25, -0.2) is 14.5 Å². The van der Waals surface area contributed by atoms with Gasteiger partial charge in [-0.05, 0) is 91.5 Å². The van der Waals surface area contributed by atoms with Crippen LogP contribution in [0.2, 0.25) is 0 Å². The fourth-order valence-corrected chi connectivity index (χ4v) is 5.12. The monoisotopic (exact) mass is 664 g/mol. The standard InChI is InChI=1S/C35H39F3N6O2S/c1-5-7-28-10-9-24(2)20-32(28)43(26(4)21-47)22-41-34(45)39-19-6-8-25(3)27-11-13-29(14-12-27)33-40-23-44(42-33)30-15-17-31(18-16-30)46-35(36,37)38/h9-18,20-23,25,47H,5-8,19H2,1-4H3,(H,39,45)/b26-21-,41-22+. The number of nitrogens with zero attached hydrogens (tertiary/aromatic N) is 5. The van der Waals surface area contributed by atoms with Crippen LogP contribution in [0.4, 0.5) is 23.7 Å².